The fraction of sp³-hybridized carbons (Fsp3) is 0.250. The first kappa shape index (κ1) is 25.9. The lowest BCUT2D eigenvalue weighted by Gasteiger charge is -2.29. The van der Waals surface area contributed by atoms with E-state index in [0.717, 1.165) is 22.4 Å². The van der Waals surface area contributed by atoms with Crippen molar-refractivity contribution in [1.82, 2.24) is 20.5 Å². The third-order valence-electron chi connectivity index (χ3n) is 6.66. The van der Waals surface area contributed by atoms with Crippen LogP contribution in [0, 0.1) is 0 Å². The Kier molecular flexibility index (Phi) is 7.50. The van der Waals surface area contributed by atoms with Crippen molar-refractivity contribution < 1.29 is 23.9 Å². The molecule has 1 unspecified atom stereocenters. The zero-order valence-corrected chi connectivity index (χ0v) is 21.1. The number of hydrogen-bond acceptors (Lipinski definition) is 7. The summed E-state index contributed by atoms with van der Waals surface area (Å²) in [7, 11) is 0. The number of ether oxygens (including phenoxy) is 1. The largest absolute Gasteiger partial charge is 0.487 e. The molecule has 5 amide bonds. The van der Waals surface area contributed by atoms with E-state index >= 15 is 0 Å². The lowest BCUT2D eigenvalue weighted by Crippen LogP contribution is -2.52. The van der Waals surface area contributed by atoms with Crippen LogP contribution in [0.2, 0.25) is 0 Å². The summed E-state index contributed by atoms with van der Waals surface area (Å²) in [6.07, 6.45) is 2.24. The number of nitrogens with one attached hydrogen (secondary N) is 3. The van der Waals surface area contributed by atoms with Gasteiger partial charge in [0, 0.05) is 43.5 Å². The van der Waals surface area contributed by atoms with Crippen LogP contribution in [0.3, 0.4) is 0 Å². The Bertz CT molecular complexity index is 1410. The zero-order chi connectivity index (χ0) is 27.4. The number of nitrogens with two attached hydrogens (primary N) is 1. The molecule has 1 aromatic heterocycles. The number of fused-ring (bicyclic) bond motifs is 1. The third kappa shape index (κ3) is 6.04. The van der Waals surface area contributed by atoms with Gasteiger partial charge in [0.25, 0.3) is 5.91 Å². The van der Waals surface area contributed by atoms with Gasteiger partial charge in [-0.15, -0.1) is 0 Å². The minimum Gasteiger partial charge on any atom is -0.487 e. The van der Waals surface area contributed by atoms with Crippen LogP contribution in [0.5, 0.6) is 5.75 Å². The Balaban J connectivity index is 1.10. The number of rotatable bonds is 8. The highest BCUT2D eigenvalue weighted by molar-refractivity contribution is 6.05. The number of amides is 5. The van der Waals surface area contributed by atoms with Crippen LogP contribution in [0.15, 0.2) is 60.8 Å². The van der Waals surface area contributed by atoms with Crippen molar-refractivity contribution >= 4 is 29.4 Å². The summed E-state index contributed by atoms with van der Waals surface area (Å²) in [6.45, 7) is 1.29. The molecule has 1 saturated heterocycles. The van der Waals surface area contributed by atoms with Gasteiger partial charge in [0.05, 0.1) is 5.69 Å². The average Bonchev–Trinajstić information content (AvgIpc) is 3.27. The first-order valence-electron chi connectivity index (χ1n) is 12.6. The molecule has 200 valence electrons. The summed E-state index contributed by atoms with van der Waals surface area (Å²) in [5.41, 5.74) is 10.1. The molecule has 0 spiro atoms. The summed E-state index contributed by atoms with van der Waals surface area (Å²) in [4.78, 5) is 54.7. The van der Waals surface area contributed by atoms with Crippen LogP contribution in [-0.4, -0.2) is 39.7 Å². The number of hydrogen-bond donors (Lipinski definition) is 4. The van der Waals surface area contributed by atoms with Crippen molar-refractivity contribution in [2.75, 3.05) is 5.32 Å². The Morgan fingerprint density at radius 3 is 2.59 bits per heavy atom. The molecule has 0 saturated carbocycles. The first-order chi connectivity index (χ1) is 18.9. The molecule has 3 aromatic rings. The molecule has 11 nitrogen and oxygen atoms in total. The number of carbonyl (C=O) groups excluding carboxylic acids is 4. The van der Waals surface area contributed by atoms with E-state index in [1.807, 2.05) is 18.2 Å². The summed E-state index contributed by atoms with van der Waals surface area (Å²) in [5.74, 6) is -0.353. The fourth-order valence-electron chi connectivity index (χ4n) is 4.55. The second-order valence-corrected chi connectivity index (χ2v) is 9.37. The Labute approximate surface area is 224 Å². The number of carbonyl (C=O) groups is 4. The highest BCUT2D eigenvalue weighted by atomic mass is 16.5. The van der Waals surface area contributed by atoms with Crippen LogP contribution in [0.1, 0.15) is 45.6 Å². The van der Waals surface area contributed by atoms with Gasteiger partial charge < -0.3 is 26.0 Å². The molecule has 1 fully saturated rings. The van der Waals surface area contributed by atoms with Crippen LogP contribution >= 0.6 is 0 Å². The van der Waals surface area contributed by atoms with E-state index in [0.29, 0.717) is 36.6 Å². The zero-order valence-electron chi connectivity index (χ0n) is 21.1. The predicted molar refractivity (Wildman–Crippen MR) is 141 cm³/mol. The van der Waals surface area contributed by atoms with Gasteiger partial charge in [0.15, 0.2) is 0 Å². The number of piperidine rings is 1. The molecule has 5 N–H and O–H groups in total. The summed E-state index contributed by atoms with van der Waals surface area (Å²) in [5, 5.41) is 7.89. The van der Waals surface area contributed by atoms with E-state index in [2.05, 4.69) is 20.9 Å². The van der Waals surface area contributed by atoms with Gasteiger partial charge in [-0.1, -0.05) is 18.2 Å². The van der Waals surface area contributed by atoms with Crippen LogP contribution in [-0.2, 0) is 35.8 Å². The maximum atomic E-state index is 12.8. The van der Waals surface area contributed by atoms with Gasteiger partial charge in [-0.05, 0) is 59.5 Å². The van der Waals surface area contributed by atoms with Gasteiger partial charge in [0.1, 0.15) is 18.4 Å². The molecule has 5 rings (SSSR count). The molecule has 2 aliphatic rings. The monoisotopic (exact) mass is 528 g/mol. The van der Waals surface area contributed by atoms with Crippen molar-refractivity contribution in [1.29, 1.82) is 0 Å². The Hall–Kier alpha value is -4.77. The summed E-state index contributed by atoms with van der Waals surface area (Å²) in [6, 6.07) is 15.1. The molecule has 2 aromatic carbocycles. The molecule has 11 heteroatoms. The quantitative estimate of drug-likeness (QED) is 0.327. The van der Waals surface area contributed by atoms with Crippen LogP contribution in [0.25, 0.3) is 0 Å². The van der Waals surface area contributed by atoms with Crippen molar-refractivity contribution in [3.63, 3.8) is 0 Å². The normalized spacial score (nSPS) is 16.5. The maximum Gasteiger partial charge on any atom is 0.319 e. The number of benzene rings is 2. The molecular weight excluding hydrogens is 500 g/mol. The highest BCUT2D eigenvalue weighted by Crippen LogP contribution is 2.28. The molecule has 0 aliphatic carbocycles. The fourth-order valence-corrected chi connectivity index (χ4v) is 4.55. The Morgan fingerprint density at radius 1 is 1.08 bits per heavy atom. The number of nitrogens with zero attached hydrogens (tertiary/aromatic N) is 2. The Morgan fingerprint density at radius 2 is 1.87 bits per heavy atom. The van der Waals surface area contributed by atoms with E-state index in [1.165, 1.54) is 4.90 Å². The molecule has 39 heavy (non-hydrogen) atoms. The standard InChI is InChI=1S/C28H28N6O5/c29-12-18-1-3-21(30-14-18)16-39-22-6-4-20(5-7-22)32-28(38)31-13-17-2-8-23-19(11-17)15-34(27(23)37)24-9-10-25(35)33-26(24)36/h1-8,11,14,24H,9-10,12-13,15-16,29H2,(H2,31,32,38)(H,33,35,36). The number of aromatic nitrogens is 1. The van der Waals surface area contributed by atoms with E-state index < -0.39 is 11.9 Å². The second kappa shape index (κ2) is 11.3. The van der Waals surface area contributed by atoms with Gasteiger partial charge in [-0.2, -0.15) is 0 Å². The van der Waals surface area contributed by atoms with Crippen molar-refractivity contribution in [3.05, 3.63) is 88.7 Å². The summed E-state index contributed by atoms with van der Waals surface area (Å²) >= 11 is 0. The van der Waals surface area contributed by atoms with Crippen LogP contribution < -0.4 is 26.4 Å². The van der Waals surface area contributed by atoms with Crippen molar-refractivity contribution in [2.45, 2.75) is 45.1 Å². The topological polar surface area (TPSA) is 156 Å². The lowest BCUT2D eigenvalue weighted by molar-refractivity contribution is -0.136. The van der Waals surface area contributed by atoms with E-state index in [4.69, 9.17) is 10.5 Å². The van der Waals surface area contributed by atoms with Crippen LogP contribution in [0.4, 0.5) is 10.5 Å². The predicted octanol–water partition coefficient (Wildman–Crippen LogP) is 2.20. The average molecular weight is 529 g/mol. The SMILES string of the molecule is NCc1ccc(COc2ccc(NC(=O)NCc3ccc4c(c3)CN(C3CCC(=O)NC3=O)C4=O)cc2)nc1. The summed E-state index contributed by atoms with van der Waals surface area (Å²) < 4.78 is 5.75. The smallest absolute Gasteiger partial charge is 0.319 e. The first-order valence-corrected chi connectivity index (χ1v) is 12.6. The number of pyridine rings is 1. The van der Waals surface area contributed by atoms with Crippen molar-refractivity contribution in [2.24, 2.45) is 5.73 Å². The molecule has 0 radical (unpaired) electrons. The minimum absolute atomic E-state index is 0.206. The maximum absolute atomic E-state index is 12.8. The number of imide groups is 1. The molecular formula is C28H28N6O5. The molecule has 0 bridgehead atoms. The van der Waals surface area contributed by atoms with E-state index in [1.54, 1.807) is 42.6 Å². The lowest BCUT2D eigenvalue weighted by atomic mass is 10.0. The number of urea groups is 1. The second-order valence-electron chi connectivity index (χ2n) is 9.37. The molecule has 3 heterocycles. The molecule has 2 aliphatic heterocycles. The van der Waals surface area contributed by atoms with Gasteiger partial charge in [-0.25, -0.2) is 4.79 Å². The van der Waals surface area contributed by atoms with Gasteiger partial charge >= 0.3 is 6.03 Å². The van der Waals surface area contributed by atoms with Gasteiger partial charge in [-0.3, -0.25) is 24.7 Å². The highest BCUT2D eigenvalue weighted by Gasteiger charge is 2.39. The minimum atomic E-state index is -0.661. The number of anilines is 1. The third-order valence-corrected chi connectivity index (χ3v) is 6.66. The van der Waals surface area contributed by atoms with E-state index in [9.17, 15) is 19.2 Å². The van der Waals surface area contributed by atoms with Gasteiger partial charge in [0.2, 0.25) is 11.8 Å². The molecule has 1 atom stereocenters. The van der Waals surface area contributed by atoms with E-state index in [-0.39, 0.29) is 37.4 Å². The van der Waals surface area contributed by atoms with Crippen molar-refractivity contribution in [3.8, 4) is 5.75 Å².